The predicted octanol–water partition coefficient (Wildman–Crippen LogP) is 2.02. The van der Waals surface area contributed by atoms with Crippen LogP contribution in [0.2, 0.25) is 0 Å². The fraction of sp³-hybridized carbons (Fsp3) is 0.375. The topological polar surface area (TPSA) is 61.6 Å². The van der Waals surface area contributed by atoms with Crippen molar-refractivity contribution in [3.05, 3.63) is 16.3 Å². The normalized spacial score (nSPS) is 11.4. The number of rotatable bonds is 4. The van der Waals surface area contributed by atoms with Gasteiger partial charge in [0.15, 0.2) is 6.79 Å². The lowest BCUT2D eigenvalue weighted by atomic mass is 10.4. The average molecular weight is 255 g/mol. The van der Waals surface area contributed by atoms with E-state index >= 15 is 0 Å². The third-order valence-corrected chi connectivity index (χ3v) is 2.33. The largest absolute Gasteiger partial charge is 0.434 e. The van der Waals surface area contributed by atoms with E-state index in [0.717, 1.165) is 11.3 Å². The first-order valence-electron chi connectivity index (χ1n) is 4.05. The van der Waals surface area contributed by atoms with E-state index in [4.69, 9.17) is 5.73 Å². The molecule has 8 heteroatoms. The van der Waals surface area contributed by atoms with Gasteiger partial charge in [0.05, 0.1) is 5.69 Å². The Bertz CT molecular complexity index is 364. The van der Waals surface area contributed by atoms with Crippen LogP contribution in [0, 0.1) is 0 Å². The smallest absolute Gasteiger partial charge is 0.411 e. The highest BCUT2D eigenvalue weighted by Crippen LogP contribution is 2.20. The number of halogens is 3. The number of hydrogen-bond acceptors (Lipinski definition) is 5. The number of carbonyl (C=O) groups excluding carboxylic acids is 1. The van der Waals surface area contributed by atoms with Crippen LogP contribution in [-0.4, -0.2) is 25.5 Å². The Kier molecular flexibility index (Phi) is 4.13. The third-order valence-electron chi connectivity index (χ3n) is 1.42. The van der Waals surface area contributed by atoms with E-state index in [9.17, 15) is 18.0 Å². The number of alkyl halides is 3. The van der Waals surface area contributed by atoms with Gasteiger partial charge in [-0.2, -0.15) is 13.2 Å². The van der Waals surface area contributed by atoms with Crippen molar-refractivity contribution in [1.82, 2.24) is 0 Å². The zero-order valence-electron chi connectivity index (χ0n) is 7.91. The molecule has 0 amide bonds. The van der Waals surface area contributed by atoms with Gasteiger partial charge in [-0.15, -0.1) is 11.3 Å². The van der Waals surface area contributed by atoms with Gasteiger partial charge < -0.3 is 15.2 Å². The predicted molar refractivity (Wildman–Crippen MR) is 51.0 cm³/mol. The lowest BCUT2D eigenvalue weighted by molar-refractivity contribution is -0.190. The van der Waals surface area contributed by atoms with Gasteiger partial charge in [-0.05, 0) is 11.4 Å². The highest BCUT2D eigenvalue weighted by molar-refractivity contribution is 7.12. The van der Waals surface area contributed by atoms with Gasteiger partial charge in [0.2, 0.25) is 0 Å². The first-order chi connectivity index (χ1) is 7.40. The number of ether oxygens (including phenoxy) is 2. The van der Waals surface area contributed by atoms with E-state index in [2.05, 4.69) is 9.47 Å². The van der Waals surface area contributed by atoms with Crippen molar-refractivity contribution in [3.8, 4) is 0 Å². The quantitative estimate of drug-likeness (QED) is 0.508. The molecular formula is C8H8F3NO3S. The molecule has 4 nitrogen and oxygen atoms in total. The summed E-state index contributed by atoms with van der Waals surface area (Å²) in [5.41, 5.74) is 5.63. The highest BCUT2D eigenvalue weighted by Gasteiger charge is 2.27. The van der Waals surface area contributed by atoms with E-state index in [-0.39, 0.29) is 10.6 Å². The lowest BCUT2D eigenvalue weighted by Gasteiger charge is -2.07. The number of thiophene rings is 1. The van der Waals surface area contributed by atoms with Crippen LogP contribution < -0.4 is 5.73 Å². The molecule has 1 rings (SSSR count). The summed E-state index contributed by atoms with van der Waals surface area (Å²) in [7, 11) is 0. The van der Waals surface area contributed by atoms with Crippen molar-refractivity contribution in [3.63, 3.8) is 0 Å². The van der Waals surface area contributed by atoms with Gasteiger partial charge >= 0.3 is 12.1 Å². The minimum Gasteiger partial charge on any atom is -0.434 e. The zero-order chi connectivity index (χ0) is 12.2. The summed E-state index contributed by atoms with van der Waals surface area (Å²) in [6.45, 7) is -2.21. The maximum absolute atomic E-state index is 11.6. The van der Waals surface area contributed by atoms with Crippen LogP contribution in [0.25, 0.3) is 0 Å². The van der Waals surface area contributed by atoms with E-state index in [1.165, 1.54) is 6.07 Å². The maximum Gasteiger partial charge on any atom is 0.411 e. The van der Waals surface area contributed by atoms with Gasteiger partial charge in [-0.25, -0.2) is 4.79 Å². The molecule has 16 heavy (non-hydrogen) atoms. The van der Waals surface area contributed by atoms with Crippen molar-refractivity contribution in [2.45, 2.75) is 6.18 Å². The molecule has 0 bridgehead atoms. The molecule has 0 saturated heterocycles. The van der Waals surface area contributed by atoms with Crippen LogP contribution in [0.3, 0.4) is 0 Å². The summed E-state index contributed by atoms with van der Waals surface area (Å²) >= 11 is 1.04. The minimum absolute atomic E-state index is 0.149. The van der Waals surface area contributed by atoms with Gasteiger partial charge in [0.25, 0.3) is 0 Å². The van der Waals surface area contributed by atoms with Crippen molar-refractivity contribution in [1.29, 1.82) is 0 Å². The van der Waals surface area contributed by atoms with E-state index < -0.39 is 25.5 Å². The molecule has 0 aromatic carbocycles. The molecule has 1 aromatic rings. The molecule has 0 unspecified atom stereocenters. The van der Waals surface area contributed by atoms with Crippen molar-refractivity contribution >= 4 is 23.0 Å². The monoisotopic (exact) mass is 255 g/mol. The molecule has 2 N–H and O–H groups in total. The Morgan fingerprint density at radius 3 is 2.69 bits per heavy atom. The van der Waals surface area contributed by atoms with Crippen LogP contribution in [0.15, 0.2) is 11.4 Å². The molecule has 0 aliphatic heterocycles. The second-order valence-corrected chi connectivity index (χ2v) is 3.63. The maximum atomic E-state index is 11.6. The van der Waals surface area contributed by atoms with Crippen molar-refractivity contribution in [2.75, 3.05) is 19.1 Å². The number of hydrogen-bond donors (Lipinski definition) is 1. The van der Waals surface area contributed by atoms with E-state index in [1.807, 2.05) is 0 Å². The Morgan fingerprint density at radius 2 is 2.19 bits per heavy atom. The number of esters is 1. The van der Waals surface area contributed by atoms with Crippen LogP contribution in [0.1, 0.15) is 9.67 Å². The molecule has 0 radical (unpaired) electrons. The standard InChI is InChI=1S/C8H8F3NO3S/c9-8(10,11)3-14-4-15-7(13)6-5(12)1-2-16-6/h1-2H,3-4,12H2. The number of nitrogen functional groups attached to an aromatic ring is 1. The molecule has 0 aliphatic carbocycles. The summed E-state index contributed by atoms with van der Waals surface area (Å²) in [5, 5.41) is 1.57. The second kappa shape index (κ2) is 5.17. The fourth-order valence-corrected chi connectivity index (χ4v) is 1.51. The molecule has 0 fully saturated rings. The van der Waals surface area contributed by atoms with Gasteiger partial charge in [0.1, 0.15) is 11.5 Å². The molecule has 1 aromatic heterocycles. The van der Waals surface area contributed by atoms with Crippen LogP contribution in [-0.2, 0) is 9.47 Å². The lowest BCUT2D eigenvalue weighted by Crippen LogP contribution is -2.19. The number of nitrogens with two attached hydrogens (primary N) is 1. The Morgan fingerprint density at radius 1 is 1.50 bits per heavy atom. The summed E-state index contributed by atoms with van der Waals surface area (Å²) in [5.74, 6) is -0.797. The SMILES string of the molecule is Nc1ccsc1C(=O)OCOCC(F)(F)F. The molecule has 90 valence electrons. The zero-order valence-corrected chi connectivity index (χ0v) is 8.73. The summed E-state index contributed by atoms with van der Waals surface area (Å²) in [4.78, 5) is 11.3. The average Bonchev–Trinajstić information content (AvgIpc) is 2.57. The third kappa shape index (κ3) is 4.07. The molecule has 0 atom stereocenters. The van der Waals surface area contributed by atoms with Crippen LogP contribution in [0.5, 0.6) is 0 Å². The van der Waals surface area contributed by atoms with Crippen molar-refractivity contribution in [2.24, 2.45) is 0 Å². The van der Waals surface area contributed by atoms with Crippen LogP contribution in [0.4, 0.5) is 18.9 Å². The Labute approximate surface area is 92.8 Å². The van der Waals surface area contributed by atoms with Crippen LogP contribution >= 0.6 is 11.3 Å². The highest BCUT2D eigenvalue weighted by atomic mass is 32.1. The Hall–Kier alpha value is -1.28. The first-order valence-corrected chi connectivity index (χ1v) is 4.92. The minimum atomic E-state index is -4.44. The molecular weight excluding hydrogens is 247 g/mol. The number of anilines is 1. The van der Waals surface area contributed by atoms with Gasteiger partial charge in [0, 0.05) is 0 Å². The van der Waals surface area contributed by atoms with E-state index in [0.29, 0.717) is 0 Å². The second-order valence-electron chi connectivity index (χ2n) is 2.72. The molecule has 0 aliphatic rings. The summed E-state index contributed by atoms with van der Waals surface area (Å²) in [6.07, 6.45) is -4.44. The summed E-state index contributed by atoms with van der Waals surface area (Å²) in [6, 6.07) is 1.50. The first kappa shape index (κ1) is 12.8. The van der Waals surface area contributed by atoms with Gasteiger partial charge in [-0.1, -0.05) is 0 Å². The van der Waals surface area contributed by atoms with Gasteiger partial charge in [-0.3, -0.25) is 0 Å². The molecule has 1 heterocycles. The number of carbonyl (C=O) groups is 1. The fourth-order valence-electron chi connectivity index (χ4n) is 0.803. The Balaban J connectivity index is 2.29. The summed E-state index contributed by atoms with van der Waals surface area (Å²) < 4.78 is 43.4. The van der Waals surface area contributed by atoms with Crippen molar-refractivity contribution < 1.29 is 27.4 Å². The molecule has 0 spiro atoms. The molecule has 0 saturated carbocycles. The van der Waals surface area contributed by atoms with E-state index in [1.54, 1.807) is 5.38 Å².